The van der Waals surface area contributed by atoms with Crippen LogP contribution in [0, 0.1) is 6.92 Å². The van der Waals surface area contributed by atoms with E-state index < -0.39 is 0 Å². The van der Waals surface area contributed by atoms with Crippen LogP contribution in [0.25, 0.3) is 10.9 Å². The van der Waals surface area contributed by atoms with Crippen LogP contribution in [0.4, 0.5) is 5.69 Å². The first-order chi connectivity index (χ1) is 11.2. The fourth-order valence-corrected chi connectivity index (χ4v) is 2.81. The third kappa shape index (κ3) is 2.70. The zero-order valence-electron chi connectivity index (χ0n) is 13.0. The second kappa shape index (κ2) is 5.50. The van der Waals surface area contributed by atoms with Crippen LogP contribution in [0.15, 0.2) is 42.9 Å². The molecule has 2 heterocycles. The fraction of sp³-hybridized carbons (Fsp3) is 0.278. The molecule has 2 aromatic heterocycles. The third-order valence-corrected chi connectivity index (χ3v) is 4.41. The molecule has 1 aliphatic carbocycles. The van der Waals surface area contributed by atoms with Crippen LogP contribution in [0.1, 0.15) is 41.2 Å². The zero-order valence-corrected chi connectivity index (χ0v) is 13.0. The first-order valence-corrected chi connectivity index (χ1v) is 7.91. The molecule has 1 amide bonds. The van der Waals surface area contributed by atoms with E-state index in [1.54, 1.807) is 12.4 Å². The summed E-state index contributed by atoms with van der Waals surface area (Å²) in [6.45, 7) is 2.03. The highest BCUT2D eigenvalue weighted by Crippen LogP contribution is 2.31. The van der Waals surface area contributed by atoms with Gasteiger partial charge in [-0.1, -0.05) is 12.1 Å². The Morgan fingerprint density at radius 2 is 2.13 bits per heavy atom. The lowest BCUT2D eigenvalue weighted by Gasteiger charge is -2.25. The molecule has 1 N–H and O–H groups in total. The molecule has 0 spiro atoms. The summed E-state index contributed by atoms with van der Waals surface area (Å²) in [6, 6.07) is 8.39. The van der Waals surface area contributed by atoms with E-state index in [2.05, 4.69) is 15.4 Å². The van der Waals surface area contributed by atoms with Gasteiger partial charge in [0.15, 0.2) is 0 Å². The maximum absolute atomic E-state index is 12.4. The molecule has 0 unspecified atom stereocenters. The minimum Gasteiger partial charge on any atom is -0.319 e. The number of hydrogen-bond donors (Lipinski definition) is 1. The van der Waals surface area contributed by atoms with E-state index in [9.17, 15) is 4.79 Å². The minimum atomic E-state index is -0.159. The smallest absolute Gasteiger partial charge is 0.257 e. The van der Waals surface area contributed by atoms with E-state index in [1.165, 1.54) is 19.3 Å². The Labute approximate surface area is 134 Å². The zero-order chi connectivity index (χ0) is 15.8. The van der Waals surface area contributed by atoms with Crippen LogP contribution in [0.3, 0.4) is 0 Å². The van der Waals surface area contributed by atoms with Gasteiger partial charge in [0.1, 0.15) is 0 Å². The minimum absolute atomic E-state index is 0.159. The molecule has 0 saturated heterocycles. The summed E-state index contributed by atoms with van der Waals surface area (Å²) in [5.74, 6) is -0.159. The van der Waals surface area contributed by atoms with Gasteiger partial charge in [-0.3, -0.25) is 14.5 Å². The lowest BCUT2D eigenvalue weighted by molar-refractivity contribution is 0.102. The normalized spacial score (nSPS) is 14.7. The van der Waals surface area contributed by atoms with Crippen molar-refractivity contribution in [2.45, 2.75) is 32.2 Å². The molecule has 0 radical (unpaired) electrons. The van der Waals surface area contributed by atoms with E-state index in [1.807, 2.05) is 42.1 Å². The average molecular weight is 306 g/mol. The lowest BCUT2D eigenvalue weighted by Crippen LogP contribution is -2.17. The SMILES string of the molecule is Cc1ccc2cc(C(=O)Nc3cnn(C4CCC4)c3)cnc2c1. The van der Waals surface area contributed by atoms with Gasteiger partial charge in [-0.05, 0) is 43.9 Å². The number of amides is 1. The van der Waals surface area contributed by atoms with E-state index in [4.69, 9.17) is 0 Å². The number of aromatic nitrogens is 3. The predicted octanol–water partition coefficient (Wildman–Crippen LogP) is 3.72. The number of hydrogen-bond acceptors (Lipinski definition) is 3. The highest BCUT2D eigenvalue weighted by Gasteiger charge is 2.20. The maximum atomic E-state index is 12.4. The van der Waals surface area contributed by atoms with Crippen LogP contribution in [-0.4, -0.2) is 20.7 Å². The number of benzene rings is 1. The number of aryl methyl sites for hydroxylation is 1. The van der Waals surface area contributed by atoms with Crippen molar-refractivity contribution in [3.8, 4) is 0 Å². The van der Waals surface area contributed by atoms with Gasteiger partial charge in [-0.15, -0.1) is 0 Å². The molecule has 1 saturated carbocycles. The Morgan fingerprint density at radius 1 is 1.26 bits per heavy atom. The van der Waals surface area contributed by atoms with E-state index in [0.29, 0.717) is 11.6 Å². The summed E-state index contributed by atoms with van der Waals surface area (Å²) in [5, 5.41) is 8.19. The summed E-state index contributed by atoms with van der Waals surface area (Å²) >= 11 is 0. The monoisotopic (exact) mass is 306 g/mol. The number of nitrogens with one attached hydrogen (secondary N) is 1. The molecular weight excluding hydrogens is 288 g/mol. The van der Waals surface area contributed by atoms with Crippen molar-refractivity contribution in [2.24, 2.45) is 0 Å². The Kier molecular flexibility index (Phi) is 3.33. The average Bonchev–Trinajstić information content (AvgIpc) is 2.92. The largest absolute Gasteiger partial charge is 0.319 e. The van der Waals surface area contributed by atoms with Crippen LogP contribution in [0.5, 0.6) is 0 Å². The van der Waals surface area contributed by atoms with Gasteiger partial charge < -0.3 is 5.32 Å². The number of pyridine rings is 1. The molecule has 4 rings (SSSR count). The Hall–Kier alpha value is -2.69. The van der Waals surface area contributed by atoms with Crippen molar-refractivity contribution in [1.29, 1.82) is 0 Å². The molecule has 1 aliphatic rings. The number of fused-ring (bicyclic) bond motifs is 1. The third-order valence-electron chi connectivity index (χ3n) is 4.41. The van der Waals surface area contributed by atoms with Crippen LogP contribution < -0.4 is 5.32 Å². The van der Waals surface area contributed by atoms with Gasteiger partial charge in [0.05, 0.1) is 29.0 Å². The highest BCUT2D eigenvalue weighted by molar-refractivity contribution is 6.05. The van der Waals surface area contributed by atoms with Gasteiger partial charge >= 0.3 is 0 Å². The number of carbonyl (C=O) groups is 1. The summed E-state index contributed by atoms with van der Waals surface area (Å²) in [5.41, 5.74) is 3.34. The predicted molar refractivity (Wildman–Crippen MR) is 89.5 cm³/mol. The second-order valence-corrected chi connectivity index (χ2v) is 6.17. The fourth-order valence-electron chi connectivity index (χ4n) is 2.81. The van der Waals surface area contributed by atoms with Crippen molar-refractivity contribution >= 4 is 22.5 Å². The Balaban J connectivity index is 1.54. The number of anilines is 1. The van der Waals surface area contributed by atoms with Gasteiger partial charge in [0, 0.05) is 17.8 Å². The van der Waals surface area contributed by atoms with Crippen LogP contribution in [-0.2, 0) is 0 Å². The van der Waals surface area contributed by atoms with E-state index in [-0.39, 0.29) is 5.91 Å². The Bertz CT molecular complexity index is 880. The standard InChI is InChI=1S/C18H18N4O/c1-12-5-6-13-8-14(9-19-17(13)7-12)18(23)21-15-10-20-22(11-15)16-3-2-4-16/h5-11,16H,2-4H2,1H3,(H,21,23). The van der Waals surface area contributed by atoms with E-state index in [0.717, 1.165) is 22.2 Å². The molecule has 5 nitrogen and oxygen atoms in total. The molecule has 1 aromatic carbocycles. The van der Waals surface area contributed by atoms with Gasteiger partial charge in [0.2, 0.25) is 0 Å². The van der Waals surface area contributed by atoms with Crippen molar-refractivity contribution in [1.82, 2.24) is 14.8 Å². The van der Waals surface area contributed by atoms with Crippen molar-refractivity contribution in [2.75, 3.05) is 5.32 Å². The summed E-state index contributed by atoms with van der Waals surface area (Å²) in [7, 11) is 0. The quantitative estimate of drug-likeness (QED) is 0.802. The molecule has 0 bridgehead atoms. The first kappa shape index (κ1) is 13.9. The first-order valence-electron chi connectivity index (χ1n) is 7.91. The van der Waals surface area contributed by atoms with Crippen molar-refractivity contribution < 1.29 is 4.79 Å². The van der Waals surface area contributed by atoms with Crippen molar-refractivity contribution in [3.63, 3.8) is 0 Å². The van der Waals surface area contributed by atoms with E-state index >= 15 is 0 Å². The molecule has 0 aliphatic heterocycles. The number of nitrogens with zero attached hydrogens (tertiary/aromatic N) is 3. The lowest BCUT2D eigenvalue weighted by atomic mass is 9.93. The van der Waals surface area contributed by atoms with Gasteiger partial charge in [-0.25, -0.2) is 0 Å². The molecule has 5 heteroatoms. The molecule has 1 fully saturated rings. The summed E-state index contributed by atoms with van der Waals surface area (Å²) in [4.78, 5) is 16.8. The van der Waals surface area contributed by atoms with Gasteiger partial charge in [-0.2, -0.15) is 5.10 Å². The summed E-state index contributed by atoms with van der Waals surface area (Å²) in [6.07, 6.45) is 8.82. The highest BCUT2D eigenvalue weighted by atomic mass is 16.1. The number of carbonyl (C=O) groups excluding carboxylic acids is 1. The maximum Gasteiger partial charge on any atom is 0.257 e. The molecule has 23 heavy (non-hydrogen) atoms. The van der Waals surface area contributed by atoms with Gasteiger partial charge in [0.25, 0.3) is 5.91 Å². The van der Waals surface area contributed by atoms with Crippen LogP contribution in [0.2, 0.25) is 0 Å². The summed E-state index contributed by atoms with van der Waals surface area (Å²) < 4.78 is 1.94. The topological polar surface area (TPSA) is 59.8 Å². The molecular formula is C18H18N4O. The molecule has 3 aromatic rings. The van der Waals surface area contributed by atoms with Crippen molar-refractivity contribution in [3.05, 3.63) is 54.0 Å². The Morgan fingerprint density at radius 3 is 2.91 bits per heavy atom. The van der Waals surface area contributed by atoms with Crippen LogP contribution >= 0.6 is 0 Å². The molecule has 116 valence electrons. The second-order valence-electron chi connectivity index (χ2n) is 6.17. The number of rotatable bonds is 3. The molecule has 0 atom stereocenters.